The van der Waals surface area contributed by atoms with Gasteiger partial charge >= 0.3 is 19.8 Å². The van der Waals surface area contributed by atoms with Gasteiger partial charge in [-0.2, -0.15) is 0 Å². The molecule has 2 atom stereocenters. The Morgan fingerprint density at radius 1 is 0.544 bits per heavy atom. The van der Waals surface area contributed by atoms with Crippen LogP contribution in [0, 0.1) is 0 Å². The largest absolute Gasteiger partial charge is 0.472 e. The SMILES string of the molecule is CCCCC/C=C\C/C=C\CCCCCCCCCC(=O)OCC(COP(=O)(O)OCCN(C)C)OC(=O)CCCCCCCCC/C=C\CCCCCCCC. The molecular weight excluding hydrogens is 737 g/mol. The van der Waals surface area contributed by atoms with Crippen LogP contribution in [0.4, 0.5) is 0 Å². The number of carbonyl (C=O) groups excluding carboxylic acids is 2. The highest BCUT2D eigenvalue weighted by Gasteiger charge is 2.26. The molecule has 0 saturated heterocycles. The van der Waals surface area contributed by atoms with E-state index < -0.39 is 26.5 Å². The van der Waals surface area contributed by atoms with Crippen molar-refractivity contribution in [3.63, 3.8) is 0 Å². The molecule has 0 aliphatic carbocycles. The minimum absolute atomic E-state index is 0.00524. The van der Waals surface area contributed by atoms with Gasteiger partial charge in [-0.05, 0) is 84.7 Å². The second-order valence-electron chi connectivity index (χ2n) is 15.9. The maximum absolute atomic E-state index is 12.7. The van der Waals surface area contributed by atoms with Crippen molar-refractivity contribution in [1.29, 1.82) is 0 Å². The second kappa shape index (κ2) is 42.4. The summed E-state index contributed by atoms with van der Waals surface area (Å²) in [6.07, 6.45) is 46.1. The van der Waals surface area contributed by atoms with Crippen molar-refractivity contribution in [3.05, 3.63) is 36.5 Å². The number of phosphoric ester groups is 1. The molecule has 57 heavy (non-hydrogen) atoms. The van der Waals surface area contributed by atoms with Crippen LogP contribution in [-0.4, -0.2) is 68.3 Å². The van der Waals surface area contributed by atoms with E-state index in [4.69, 9.17) is 18.5 Å². The number of carbonyl (C=O) groups is 2. The molecule has 0 saturated carbocycles. The van der Waals surface area contributed by atoms with Gasteiger partial charge in [0.15, 0.2) is 6.10 Å². The molecule has 10 heteroatoms. The lowest BCUT2D eigenvalue weighted by Crippen LogP contribution is -2.29. The lowest BCUT2D eigenvalue weighted by Gasteiger charge is -2.20. The predicted octanol–water partition coefficient (Wildman–Crippen LogP) is 13.5. The quantitative estimate of drug-likeness (QED) is 0.0278. The standard InChI is InChI=1S/C47H88NO8P/c1-5-7-9-11-13-15-17-19-21-23-25-27-29-31-33-35-37-39-46(49)53-43-45(44-55-57(51,52)54-42-41-48(3)4)56-47(50)40-38-36-34-32-30-28-26-24-22-20-18-16-14-12-10-8-6-2/h13,15,19-22,45H,5-12,14,16-18,23-44H2,1-4H3,(H,51,52)/b15-13-,21-19-,22-20-. The van der Waals surface area contributed by atoms with Crippen LogP contribution in [0.1, 0.15) is 206 Å². The summed E-state index contributed by atoms with van der Waals surface area (Å²) >= 11 is 0. The molecule has 0 rings (SSSR count). The van der Waals surface area contributed by atoms with Crippen LogP contribution in [0.2, 0.25) is 0 Å². The van der Waals surface area contributed by atoms with Gasteiger partial charge in [0.25, 0.3) is 0 Å². The summed E-state index contributed by atoms with van der Waals surface area (Å²) in [6.45, 7) is 4.29. The number of hydrogen-bond acceptors (Lipinski definition) is 8. The van der Waals surface area contributed by atoms with Gasteiger partial charge in [0.1, 0.15) is 6.61 Å². The maximum Gasteiger partial charge on any atom is 0.472 e. The first-order valence-electron chi connectivity index (χ1n) is 23.3. The molecule has 0 radical (unpaired) electrons. The van der Waals surface area contributed by atoms with Gasteiger partial charge in [0.05, 0.1) is 13.2 Å². The van der Waals surface area contributed by atoms with Gasteiger partial charge in [-0.3, -0.25) is 18.6 Å². The lowest BCUT2D eigenvalue weighted by atomic mass is 10.1. The molecule has 0 aromatic carbocycles. The van der Waals surface area contributed by atoms with Gasteiger partial charge in [0.2, 0.25) is 0 Å². The monoisotopic (exact) mass is 826 g/mol. The van der Waals surface area contributed by atoms with Crippen LogP contribution < -0.4 is 0 Å². The number of ether oxygens (including phenoxy) is 2. The zero-order chi connectivity index (χ0) is 41.9. The first-order valence-corrected chi connectivity index (χ1v) is 24.8. The average Bonchev–Trinajstić information content (AvgIpc) is 3.18. The van der Waals surface area contributed by atoms with E-state index in [-0.39, 0.29) is 32.0 Å². The molecule has 0 spiro atoms. The second-order valence-corrected chi connectivity index (χ2v) is 17.4. The summed E-state index contributed by atoms with van der Waals surface area (Å²) in [6, 6.07) is 0. The maximum atomic E-state index is 12.7. The molecule has 334 valence electrons. The summed E-state index contributed by atoms with van der Waals surface area (Å²) in [5.41, 5.74) is 0. The predicted molar refractivity (Wildman–Crippen MR) is 238 cm³/mol. The molecule has 0 aliphatic heterocycles. The molecular formula is C47H88NO8P. The van der Waals surface area contributed by atoms with Crippen molar-refractivity contribution >= 4 is 19.8 Å². The van der Waals surface area contributed by atoms with Crippen molar-refractivity contribution in [1.82, 2.24) is 4.90 Å². The molecule has 0 bridgehead atoms. The fourth-order valence-corrected chi connectivity index (χ4v) is 7.04. The first kappa shape index (κ1) is 55.2. The van der Waals surface area contributed by atoms with Crippen LogP contribution in [0.5, 0.6) is 0 Å². The third-order valence-electron chi connectivity index (χ3n) is 9.92. The Balaban J connectivity index is 4.26. The summed E-state index contributed by atoms with van der Waals surface area (Å²) in [7, 11) is -0.716. The molecule has 0 amide bonds. The average molecular weight is 826 g/mol. The fraction of sp³-hybridized carbons (Fsp3) is 0.830. The minimum Gasteiger partial charge on any atom is -0.462 e. The van der Waals surface area contributed by atoms with E-state index in [2.05, 4.69) is 50.3 Å². The van der Waals surface area contributed by atoms with Crippen molar-refractivity contribution in [2.24, 2.45) is 0 Å². The minimum atomic E-state index is -4.37. The summed E-state index contributed by atoms with van der Waals surface area (Å²) < 4.78 is 33.5. The molecule has 1 N–H and O–H groups in total. The number of rotatable bonds is 43. The Bertz CT molecular complexity index is 1050. The van der Waals surface area contributed by atoms with Crippen molar-refractivity contribution in [3.8, 4) is 0 Å². The zero-order valence-corrected chi connectivity index (χ0v) is 38.2. The number of nitrogens with zero attached hydrogens (tertiary/aromatic N) is 1. The third kappa shape index (κ3) is 43.6. The van der Waals surface area contributed by atoms with Gasteiger partial charge < -0.3 is 19.3 Å². The van der Waals surface area contributed by atoms with Crippen LogP contribution in [0.15, 0.2) is 36.5 Å². The Hall–Kier alpha value is -1.77. The van der Waals surface area contributed by atoms with E-state index >= 15 is 0 Å². The smallest absolute Gasteiger partial charge is 0.462 e. The lowest BCUT2D eigenvalue weighted by molar-refractivity contribution is -0.161. The Morgan fingerprint density at radius 3 is 1.44 bits per heavy atom. The highest BCUT2D eigenvalue weighted by molar-refractivity contribution is 7.47. The van der Waals surface area contributed by atoms with Gasteiger partial charge in [0, 0.05) is 19.4 Å². The highest BCUT2D eigenvalue weighted by atomic mass is 31.2. The summed E-state index contributed by atoms with van der Waals surface area (Å²) in [4.78, 5) is 37.1. The fourth-order valence-electron chi connectivity index (χ4n) is 6.30. The van der Waals surface area contributed by atoms with Gasteiger partial charge in [-0.1, -0.05) is 159 Å². The van der Waals surface area contributed by atoms with Crippen LogP contribution >= 0.6 is 7.82 Å². The van der Waals surface area contributed by atoms with E-state index in [0.717, 1.165) is 64.2 Å². The number of phosphoric acid groups is 1. The molecule has 0 heterocycles. The summed E-state index contributed by atoms with van der Waals surface area (Å²) in [5.74, 6) is -0.813. The van der Waals surface area contributed by atoms with Crippen molar-refractivity contribution in [2.75, 3.05) is 40.5 Å². The van der Waals surface area contributed by atoms with Crippen molar-refractivity contribution in [2.45, 2.75) is 213 Å². The van der Waals surface area contributed by atoms with Crippen molar-refractivity contribution < 1.29 is 37.6 Å². The van der Waals surface area contributed by atoms with Crippen LogP contribution in [-0.2, 0) is 32.7 Å². The molecule has 0 aromatic rings. The Morgan fingerprint density at radius 2 is 0.947 bits per heavy atom. The zero-order valence-electron chi connectivity index (χ0n) is 37.3. The van der Waals surface area contributed by atoms with Crippen LogP contribution in [0.3, 0.4) is 0 Å². The molecule has 0 aliphatic rings. The highest BCUT2D eigenvalue weighted by Crippen LogP contribution is 2.43. The van der Waals surface area contributed by atoms with Gasteiger partial charge in [-0.15, -0.1) is 0 Å². The normalized spacial score (nSPS) is 13.6. The molecule has 0 fully saturated rings. The van der Waals surface area contributed by atoms with E-state index in [0.29, 0.717) is 13.0 Å². The number of esters is 2. The molecule has 0 aromatic heterocycles. The van der Waals surface area contributed by atoms with E-state index in [1.807, 2.05) is 19.0 Å². The van der Waals surface area contributed by atoms with Crippen LogP contribution in [0.25, 0.3) is 0 Å². The number of unbranched alkanes of at least 4 members (excludes halogenated alkanes) is 23. The van der Waals surface area contributed by atoms with E-state index in [9.17, 15) is 19.0 Å². The summed E-state index contributed by atoms with van der Waals surface area (Å²) in [5, 5.41) is 0. The van der Waals surface area contributed by atoms with Gasteiger partial charge in [-0.25, -0.2) is 4.57 Å². The third-order valence-corrected chi connectivity index (χ3v) is 10.9. The molecule has 9 nitrogen and oxygen atoms in total. The Labute approximate surface area is 350 Å². The van der Waals surface area contributed by atoms with E-state index in [1.54, 1.807) is 0 Å². The number of hydrogen-bond donors (Lipinski definition) is 1. The number of allylic oxidation sites excluding steroid dienone is 6. The first-order chi connectivity index (χ1) is 27.7. The topological polar surface area (TPSA) is 112 Å². The molecule has 2 unspecified atom stereocenters. The number of likely N-dealkylation sites (N-methyl/N-ethyl adjacent to an activating group) is 1. The van der Waals surface area contributed by atoms with E-state index in [1.165, 1.54) is 109 Å². The Kier molecular flexibility index (Phi) is 41.0.